The molecule has 0 saturated heterocycles. The van der Waals surface area contributed by atoms with Gasteiger partial charge in [0.25, 0.3) is 0 Å². The molecule has 1 rings (SSSR count). The molecule has 7 heteroatoms. The molecule has 1 aromatic heterocycles. The third-order valence-corrected chi connectivity index (χ3v) is 4.19. The smallest absolute Gasteiger partial charge is 0.233 e. The van der Waals surface area contributed by atoms with Crippen LogP contribution in [-0.4, -0.2) is 31.7 Å². The highest BCUT2D eigenvalue weighted by atomic mass is 35.5. The van der Waals surface area contributed by atoms with E-state index >= 15 is 0 Å². The molecule has 0 N–H and O–H groups in total. The van der Waals surface area contributed by atoms with Gasteiger partial charge in [-0.3, -0.25) is 0 Å². The predicted molar refractivity (Wildman–Crippen MR) is 87.5 cm³/mol. The van der Waals surface area contributed by atoms with Crippen molar-refractivity contribution in [3.8, 4) is 5.88 Å². The summed E-state index contributed by atoms with van der Waals surface area (Å²) >= 11 is 6.12. The van der Waals surface area contributed by atoms with E-state index in [-0.39, 0.29) is 5.15 Å². The fraction of sp³-hybridized carbons (Fsp3) is 0.500. The summed E-state index contributed by atoms with van der Waals surface area (Å²) in [6.07, 6.45) is 4.46. The van der Waals surface area contributed by atoms with Crippen LogP contribution in [0.1, 0.15) is 39.3 Å². The minimum absolute atomic E-state index is 0.183. The van der Waals surface area contributed by atoms with Crippen LogP contribution in [0.15, 0.2) is 23.2 Å². The standard InChI is InChI=1S/C14H20ClN3O2S/c1-6-7-8-10(18-21(19)14(2,3)4)12-13(15)17-11(20-5)9-16-12/h6,9H,1,7-8H2,2-5H3. The highest BCUT2D eigenvalue weighted by Crippen LogP contribution is 2.20. The second-order valence-corrected chi connectivity index (χ2v) is 7.54. The molecule has 0 spiro atoms. The third kappa shape index (κ3) is 5.21. The Labute approximate surface area is 133 Å². The summed E-state index contributed by atoms with van der Waals surface area (Å²) in [5.41, 5.74) is 0.986. The van der Waals surface area contributed by atoms with Gasteiger partial charge in [-0.2, -0.15) is 9.38 Å². The van der Waals surface area contributed by atoms with Gasteiger partial charge in [0.2, 0.25) is 5.88 Å². The Morgan fingerprint density at radius 3 is 2.71 bits per heavy atom. The lowest BCUT2D eigenvalue weighted by Crippen LogP contribution is -2.21. The summed E-state index contributed by atoms with van der Waals surface area (Å²) in [6, 6.07) is 0. The fourth-order valence-electron chi connectivity index (χ4n) is 1.33. The molecule has 21 heavy (non-hydrogen) atoms. The minimum atomic E-state index is -1.39. The molecule has 0 fully saturated rings. The normalized spacial score (nSPS) is 13.9. The Morgan fingerprint density at radius 1 is 1.57 bits per heavy atom. The molecule has 1 heterocycles. The molecule has 0 aromatic carbocycles. The quantitative estimate of drug-likeness (QED) is 0.593. The van der Waals surface area contributed by atoms with Gasteiger partial charge in [0.1, 0.15) is 16.7 Å². The molecule has 0 radical (unpaired) electrons. The molecule has 0 amide bonds. The van der Waals surface area contributed by atoms with Crippen molar-refractivity contribution in [3.05, 3.63) is 29.7 Å². The third-order valence-electron chi connectivity index (χ3n) is 2.49. The average molecular weight is 330 g/mol. The summed E-state index contributed by atoms with van der Waals surface area (Å²) in [5.74, 6) is 0.323. The van der Waals surface area contributed by atoms with Crippen molar-refractivity contribution in [1.29, 1.82) is 0 Å². The Kier molecular flexibility index (Phi) is 6.48. The average Bonchev–Trinajstić information content (AvgIpc) is 2.42. The predicted octanol–water partition coefficient (Wildman–Crippen LogP) is 3.36. The van der Waals surface area contributed by atoms with Crippen LogP contribution in [0.4, 0.5) is 0 Å². The Morgan fingerprint density at radius 2 is 2.24 bits per heavy atom. The zero-order valence-corrected chi connectivity index (χ0v) is 14.3. The maximum absolute atomic E-state index is 12.2. The van der Waals surface area contributed by atoms with Crippen LogP contribution < -0.4 is 4.74 Å². The lowest BCUT2D eigenvalue weighted by Gasteiger charge is -2.15. The number of allylic oxidation sites excluding steroid dienone is 1. The van der Waals surface area contributed by atoms with Gasteiger partial charge in [0.15, 0.2) is 5.15 Å². The van der Waals surface area contributed by atoms with Crippen LogP contribution in [0.3, 0.4) is 0 Å². The molecule has 0 saturated carbocycles. The lowest BCUT2D eigenvalue weighted by atomic mass is 10.1. The summed E-state index contributed by atoms with van der Waals surface area (Å²) in [4.78, 5) is 8.28. The number of rotatable bonds is 6. The molecule has 5 nitrogen and oxygen atoms in total. The van der Waals surface area contributed by atoms with Crippen LogP contribution in [-0.2, 0) is 11.0 Å². The maximum Gasteiger partial charge on any atom is 0.233 e. The first-order valence-corrected chi connectivity index (χ1v) is 7.95. The number of ether oxygens (including phenoxy) is 1. The summed E-state index contributed by atoms with van der Waals surface area (Å²) in [6.45, 7) is 9.26. The highest BCUT2D eigenvalue weighted by molar-refractivity contribution is 7.85. The molecule has 0 aliphatic heterocycles. The van der Waals surface area contributed by atoms with Gasteiger partial charge in [0.05, 0.1) is 23.8 Å². The van der Waals surface area contributed by atoms with Crippen molar-refractivity contribution in [2.75, 3.05) is 7.11 Å². The summed E-state index contributed by atoms with van der Waals surface area (Å²) < 4.78 is 21.0. The van der Waals surface area contributed by atoms with Crippen LogP contribution in [0.25, 0.3) is 0 Å². The van der Waals surface area contributed by atoms with E-state index in [1.54, 1.807) is 6.08 Å². The van der Waals surface area contributed by atoms with Crippen LogP contribution in [0, 0.1) is 0 Å². The van der Waals surface area contributed by atoms with E-state index in [9.17, 15) is 4.21 Å². The first-order chi connectivity index (χ1) is 9.79. The highest BCUT2D eigenvalue weighted by Gasteiger charge is 2.21. The van der Waals surface area contributed by atoms with Gasteiger partial charge in [-0.1, -0.05) is 17.7 Å². The largest absolute Gasteiger partial charge is 0.480 e. The van der Waals surface area contributed by atoms with E-state index in [2.05, 4.69) is 20.9 Å². The van der Waals surface area contributed by atoms with E-state index in [0.29, 0.717) is 30.1 Å². The van der Waals surface area contributed by atoms with E-state index < -0.39 is 15.7 Å². The Balaban J connectivity index is 3.22. The molecule has 1 atom stereocenters. The van der Waals surface area contributed by atoms with Gasteiger partial charge in [-0.25, -0.2) is 9.19 Å². The first kappa shape index (κ1) is 17.8. The van der Waals surface area contributed by atoms with Crippen LogP contribution >= 0.6 is 11.6 Å². The van der Waals surface area contributed by atoms with E-state index in [1.807, 2.05) is 20.8 Å². The second kappa shape index (κ2) is 7.66. The van der Waals surface area contributed by atoms with Crippen molar-refractivity contribution >= 4 is 28.3 Å². The number of hydrogen-bond acceptors (Lipinski definition) is 4. The molecule has 0 aliphatic rings. The monoisotopic (exact) mass is 329 g/mol. The van der Waals surface area contributed by atoms with Crippen molar-refractivity contribution in [2.24, 2.45) is 4.40 Å². The van der Waals surface area contributed by atoms with Gasteiger partial charge in [0, 0.05) is 0 Å². The van der Waals surface area contributed by atoms with Gasteiger partial charge >= 0.3 is 0 Å². The number of nitrogens with zero attached hydrogens (tertiary/aromatic N) is 3. The maximum atomic E-state index is 12.2. The van der Waals surface area contributed by atoms with Gasteiger partial charge in [-0.05, 0) is 33.6 Å². The van der Waals surface area contributed by atoms with E-state index in [0.717, 1.165) is 0 Å². The molecule has 0 bridgehead atoms. The summed E-state index contributed by atoms with van der Waals surface area (Å²) in [7, 11) is 0.0967. The molecule has 0 aliphatic carbocycles. The number of halogens is 1. The molecule has 116 valence electrons. The van der Waals surface area contributed by atoms with Crippen molar-refractivity contribution < 1.29 is 8.95 Å². The van der Waals surface area contributed by atoms with Crippen molar-refractivity contribution in [1.82, 2.24) is 9.97 Å². The molecule has 1 unspecified atom stereocenters. The topological polar surface area (TPSA) is 64.4 Å². The van der Waals surface area contributed by atoms with Gasteiger partial charge in [-0.15, -0.1) is 6.58 Å². The van der Waals surface area contributed by atoms with Crippen LogP contribution in [0.5, 0.6) is 5.88 Å². The SMILES string of the molecule is C=CCCC(=NS(=O)C(C)(C)C)c1ncc(OC)nc1Cl. The zero-order valence-electron chi connectivity index (χ0n) is 12.7. The van der Waals surface area contributed by atoms with Crippen LogP contribution in [0.2, 0.25) is 5.15 Å². The minimum Gasteiger partial charge on any atom is -0.480 e. The number of aromatic nitrogens is 2. The lowest BCUT2D eigenvalue weighted by molar-refractivity contribution is 0.395. The number of hydrogen-bond donors (Lipinski definition) is 0. The molecule has 1 aromatic rings. The summed E-state index contributed by atoms with van der Waals surface area (Å²) in [5, 5.41) is 0.183. The first-order valence-electron chi connectivity index (χ1n) is 6.47. The van der Waals surface area contributed by atoms with Gasteiger partial charge < -0.3 is 4.74 Å². The van der Waals surface area contributed by atoms with E-state index in [1.165, 1.54) is 13.3 Å². The van der Waals surface area contributed by atoms with Crippen molar-refractivity contribution in [2.45, 2.75) is 38.4 Å². The molecular formula is C14H20ClN3O2S. The van der Waals surface area contributed by atoms with Crippen molar-refractivity contribution in [3.63, 3.8) is 0 Å². The second-order valence-electron chi connectivity index (χ2n) is 5.28. The Bertz CT molecular complexity index is 568. The zero-order chi connectivity index (χ0) is 16.0. The number of methoxy groups -OCH3 is 1. The molecular weight excluding hydrogens is 310 g/mol. The van der Waals surface area contributed by atoms with E-state index in [4.69, 9.17) is 16.3 Å². The fourth-order valence-corrected chi connectivity index (χ4v) is 2.22. The Hall–Kier alpha value is -1.27.